The molecule has 2 N–H and O–H groups in total. The van der Waals surface area contributed by atoms with Crippen molar-refractivity contribution in [2.24, 2.45) is 0 Å². The van der Waals surface area contributed by atoms with Gasteiger partial charge in [0, 0.05) is 23.7 Å². The SMILES string of the molecule is CCOCCNc1nc(Nc2ccc(SC(F)F)cc2)c2cnn(-c3ccccc3)c2n1. The molecule has 0 fully saturated rings. The van der Waals surface area contributed by atoms with E-state index >= 15 is 0 Å². The van der Waals surface area contributed by atoms with Crippen LogP contribution in [0.15, 0.2) is 65.7 Å². The van der Waals surface area contributed by atoms with Crippen LogP contribution in [0.5, 0.6) is 0 Å². The first kappa shape index (κ1) is 22.0. The number of ether oxygens (including phenoxy) is 1. The molecule has 0 aliphatic carbocycles. The molecule has 0 aliphatic heterocycles. The maximum absolute atomic E-state index is 12.6. The number of para-hydroxylation sites is 1. The van der Waals surface area contributed by atoms with Gasteiger partial charge >= 0.3 is 0 Å². The summed E-state index contributed by atoms with van der Waals surface area (Å²) < 4.78 is 32.3. The van der Waals surface area contributed by atoms with Crippen molar-refractivity contribution in [3.8, 4) is 5.69 Å². The van der Waals surface area contributed by atoms with Gasteiger partial charge in [-0.15, -0.1) is 0 Å². The van der Waals surface area contributed by atoms with E-state index in [4.69, 9.17) is 4.74 Å². The van der Waals surface area contributed by atoms with Crippen molar-refractivity contribution in [2.75, 3.05) is 30.4 Å². The largest absolute Gasteiger partial charge is 0.380 e. The van der Waals surface area contributed by atoms with Gasteiger partial charge in [-0.2, -0.15) is 23.8 Å². The average molecular weight is 457 g/mol. The number of halogens is 2. The number of rotatable bonds is 10. The normalized spacial score (nSPS) is 11.2. The third-order valence-electron chi connectivity index (χ3n) is 4.51. The van der Waals surface area contributed by atoms with Crippen molar-refractivity contribution >= 4 is 40.2 Å². The predicted octanol–water partition coefficient (Wildman–Crippen LogP) is 5.32. The van der Waals surface area contributed by atoms with Crippen LogP contribution in [0.4, 0.5) is 26.2 Å². The van der Waals surface area contributed by atoms with E-state index in [-0.39, 0.29) is 0 Å². The molecule has 10 heteroatoms. The van der Waals surface area contributed by atoms with Gasteiger partial charge in [0.05, 0.1) is 23.9 Å². The standard InChI is InChI=1S/C22H22F2N6OS/c1-2-31-13-12-25-22-28-19(27-15-8-10-17(11-9-15)32-21(23)24)18-14-26-30(20(18)29-22)16-6-4-3-5-7-16/h3-11,14,21H,2,12-13H2,1H3,(H2,25,27,28,29). The number of thioether (sulfide) groups is 1. The van der Waals surface area contributed by atoms with Crippen molar-refractivity contribution < 1.29 is 13.5 Å². The Bertz CT molecular complexity index is 1150. The highest BCUT2D eigenvalue weighted by Gasteiger charge is 2.15. The Balaban J connectivity index is 1.67. The highest BCUT2D eigenvalue weighted by molar-refractivity contribution is 7.99. The molecular formula is C22H22F2N6OS. The minimum Gasteiger partial charge on any atom is -0.380 e. The second-order valence-electron chi connectivity index (χ2n) is 6.68. The van der Waals surface area contributed by atoms with Gasteiger partial charge in [-0.25, -0.2) is 4.68 Å². The molecular weight excluding hydrogens is 434 g/mol. The number of fused-ring (bicyclic) bond motifs is 1. The van der Waals surface area contributed by atoms with Crippen LogP contribution >= 0.6 is 11.8 Å². The molecule has 0 spiro atoms. The van der Waals surface area contributed by atoms with E-state index in [9.17, 15) is 8.78 Å². The van der Waals surface area contributed by atoms with E-state index in [0.29, 0.717) is 53.8 Å². The molecule has 2 aromatic heterocycles. The first-order chi connectivity index (χ1) is 15.6. The summed E-state index contributed by atoms with van der Waals surface area (Å²) in [7, 11) is 0. The number of aromatic nitrogens is 4. The van der Waals surface area contributed by atoms with E-state index in [1.165, 1.54) is 0 Å². The molecule has 4 aromatic rings. The number of benzene rings is 2. The fourth-order valence-corrected chi connectivity index (χ4v) is 3.58. The smallest absolute Gasteiger partial charge is 0.288 e. The minimum absolute atomic E-state index is 0.433. The Morgan fingerprint density at radius 2 is 1.84 bits per heavy atom. The monoisotopic (exact) mass is 456 g/mol. The lowest BCUT2D eigenvalue weighted by atomic mass is 10.3. The molecule has 0 radical (unpaired) electrons. The minimum atomic E-state index is -2.45. The van der Waals surface area contributed by atoms with Crippen LogP contribution in [-0.2, 0) is 4.74 Å². The molecule has 0 saturated carbocycles. The summed E-state index contributed by atoms with van der Waals surface area (Å²) in [6.45, 7) is 3.66. The molecule has 0 amide bonds. The zero-order valence-corrected chi connectivity index (χ0v) is 18.1. The fourth-order valence-electron chi connectivity index (χ4n) is 3.08. The van der Waals surface area contributed by atoms with Crippen LogP contribution in [0.3, 0.4) is 0 Å². The number of alkyl halides is 2. The van der Waals surface area contributed by atoms with Crippen molar-refractivity contribution in [3.05, 3.63) is 60.8 Å². The predicted molar refractivity (Wildman–Crippen MR) is 123 cm³/mol. The van der Waals surface area contributed by atoms with Crippen LogP contribution < -0.4 is 10.6 Å². The Labute approximate surface area is 188 Å². The van der Waals surface area contributed by atoms with Gasteiger partial charge in [-0.05, 0) is 43.3 Å². The lowest BCUT2D eigenvalue weighted by molar-refractivity contribution is 0.158. The van der Waals surface area contributed by atoms with Crippen molar-refractivity contribution in [3.63, 3.8) is 0 Å². The lowest BCUT2D eigenvalue weighted by Crippen LogP contribution is -2.12. The molecule has 0 atom stereocenters. The Kier molecular flexibility index (Phi) is 7.13. The lowest BCUT2D eigenvalue weighted by Gasteiger charge is -2.11. The highest BCUT2D eigenvalue weighted by Crippen LogP contribution is 2.29. The molecule has 2 aromatic carbocycles. The summed E-state index contributed by atoms with van der Waals surface area (Å²) in [6.07, 6.45) is 1.70. The molecule has 0 saturated heterocycles. The summed E-state index contributed by atoms with van der Waals surface area (Å²) in [4.78, 5) is 9.75. The summed E-state index contributed by atoms with van der Waals surface area (Å²) in [6, 6.07) is 16.5. The van der Waals surface area contributed by atoms with Gasteiger partial charge in [0.2, 0.25) is 5.95 Å². The molecule has 166 valence electrons. The zero-order chi connectivity index (χ0) is 22.3. The van der Waals surface area contributed by atoms with Crippen molar-refractivity contribution in [2.45, 2.75) is 17.6 Å². The van der Waals surface area contributed by atoms with E-state index in [2.05, 4.69) is 25.7 Å². The van der Waals surface area contributed by atoms with Crippen molar-refractivity contribution in [1.82, 2.24) is 19.7 Å². The van der Waals surface area contributed by atoms with E-state index in [1.54, 1.807) is 35.1 Å². The Hall–Kier alpha value is -3.24. The maximum atomic E-state index is 12.6. The third kappa shape index (κ3) is 5.32. The van der Waals surface area contributed by atoms with Crippen LogP contribution in [0.25, 0.3) is 16.7 Å². The van der Waals surface area contributed by atoms with Crippen LogP contribution in [0, 0.1) is 0 Å². The van der Waals surface area contributed by atoms with E-state index < -0.39 is 5.76 Å². The van der Waals surface area contributed by atoms with Gasteiger partial charge in [-0.1, -0.05) is 30.0 Å². The van der Waals surface area contributed by atoms with Gasteiger partial charge in [0.1, 0.15) is 5.82 Å². The molecule has 4 rings (SSSR count). The van der Waals surface area contributed by atoms with Crippen LogP contribution in [0.1, 0.15) is 6.92 Å². The third-order valence-corrected chi connectivity index (χ3v) is 5.23. The first-order valence-electron chi connectivity index (χ1n) is 10.1. The molecule has 0 unspecified atom stereocenters. The van der Waals surface area contributed by atoms with Crippen LogP contribution in [-0.4, -0.2) is 45.3 Å². The van der Waals surface area contributed by atoms with Gasteiger partial charge in [0.15, 0.2) is 5.65 Å². The van der Waals surface area contributed by atoms with Crippen molar-refractivity contribution in [1.29, 1.82) is 0 Å². The summed E-state index contributed by atoms with van der Waals surface area (Å²) >= 11 is 0.510. The topological polar surface area (TPSA) is 76.9 Å². The average Bonchev–Trinajstić information content (AvgIpc) is 3.23. The Morgan fingerprint density at radius 1 is 1.06 bits per heavy atom. The van der Waals surface area contributed by atoms with Gasteiger partial charge in [0.25, 0.3) is 5.76 Å². The number of nitrogens with zero attached hydrogens (tertiary/aromatic N) is 4. The molecule has 0 bridgehead atoms. The second kappa shape index (κ2) is 10.4. The molecule has 2 heterocycles. The highest BCUT2D eigenvalue weighted by atomic mass is 32.2. The van der Waals surface area contributed by atoms with E-state index in [0.717, 1.165) is 16.8 Å². The quantitative estimate of drug-likeness (QED) is 0.247. The summed E-state index contributed by atoms with van der Waals surface area (Å²) in [5.74, 6) is -1.46. The Morgan fingerprint density at radius 3 is 2.56 bits per heavy atom. The molecule has 0 aliphatic rings. The number of nitrogens with one attached hydrogen (secondary N) is 2. The first-order valence-corrected chi connectivity index (χ1v) is 11.0. The molecule has 7 nitrogen and oxygen atoms in total. The van der Waals surface area contributed by atoms with Gasteiger partial charge < -0.3 is 15.4 Å². The number of anilines is 3. The van der Waals surface area contributed by atoms with E-state index in [1.807, 2.05) is 37.3 Å². The second-order valence-corrected chi connectivity index (χ2v) is 7.74. The zero-order valence-electron chi connectivity index (χ0n) is 17.3. The fraction of sp³-hybridized carbons (Fsp3) is 0.227. The summed E-state index contributed by atoms with van der Waals surface area (Å²) in [5.41, 5.74) is 2.23. The number of hydrogen-bond donors (Lipinski definition) is 2. The molecule has 32 heavy (non-hydrogen) atoms. The van der Waals surface area contributed by atoms with Crippen LogP contribution in [0.2, 0.25) is 0 Å². The maximum Gasteiger partial charge on any atom is 0.288 e. The number of hydrogen-bond acceptors (Lipinski definition) is 7. The van der Waals surface area contributed by atoms with Gasteiger partial charge in [-0.3, -0.25) is 0 Å². The summed E-state index contributed by atoms with van der Waals surface area (Å²) in [5, 5.41) is 11.7.